The smallest absolute Gasteiger partial charge is 0.0547 e. The Morgan fingerprint density at radius 2 is 2.25 bits per heavy atom. The monoisotopic (exact) mass is 219 g/mol. The van der Waals surface area contributed by atoms with Gasteiger partial charge in [0.15, 0.2) is 0 Å². The molecule has 0 radical (unpaired) electrons. The molecule has 0 aromatic carbocycles. The van der Waals surface area contributed by atoms with Gasteiger partial charge in [-0.25, -0.2) is 0 Å². The summed E-state index contributed by atoms with van der Waals surface area (Å²) in [5, 5.41) is 3.10. The number of pyridine rings is 1. The number of hydrogen-bond donors (Lipinski definition) is 1. The minimum Gasteiger partial charge on any atom is -0.316 e. The van der Waals surface area contributed by atoms with Crippen LogP contribution in [0.25, 0.3) is 0 Å². The normalized spacial score (nSPS) is 10.8. The summed E-state index contributed by atoms with van der Waals surface area (Å²) >= 11 is 0. The molecule has 16 heavy (non-hydrogen) atoms. The van der Waals surface area contributed by atoms with E-state index in [1.165, 1.54) is 5.57 Å². The predicted molar refractivity (Wildman–Crippen MR) is 68.4 cm³/mol. The standard InChI is InChI=1S/C13H21N3/c1-11(8-14-3)9-16(4)10-13-7-5-6-12(2)15-13/h5-7,14H,1,8-10H2,2-4H3. The fourth-order valence-corrected chi connectivity index (χ4v) is 1.71. The lowest BCUT2D eigenvalue weighted by atomic mass is 10.2. The molecule has 0 atom stereocenters. The highest BCUT2D eigenvalue weighted by Gasteiger charge is 2.03. The van der Waals surface area contributed by atoms with Crippen molar-refractivity contribution >= 4 is 0 Å². The Labute approximate surface area is 98.2 Å². The maximum absolute atomic E-state index is 4.48. The van der Waals surface area contributed by atoms with Gasteiger partial charge in [-0.15, -0.1) is 0 Å². The Morgan fingerprint density at radius 3 is 2.88 bits per heavy atom. The summed E-state index contributed by atoms with van der Waals surface area (Å²) in [6.45, 7) is 8.67. The van der Waals surface area contributed by atoms with Crippen LogP contribution in [-0.4, -0.2) is 37.1 Å². The molecule has 1 aromatic rings. The molecule has 1 rings (SSSR count). The molecule has 0 aliphatic rings. The first-order valence-electron chi connectivity index (χ1n) is 5.54. The zero-order valence-electron chi connectivity index (χ0n) is 10.5. The highest BCUT2D eigenvalue weighted by molar-refractivity contribution is 5.10. The van der Waals surface area contributed by atoms with Gasteiger partial charge in [0.1, 0.15) is 0 Å². The molecule has 1 aromatic heterocycles. The average molecular weight is 219 g/mol. The van der Waals surface area contributed by atoms with Crippen LogP contribution in [0.5, 0.6) is 0 Å². The molecule has 0 aliphatic carbocycles. The van der Waals surface area contributed by atoms with Gasteiger partial charge in [-0.05, 0) is 38.7 Å². The molecule has 0 saturated carbocycles. The number of rotatable bonds is 6. The zero-order chi connectivity index (χ0) is 12.0. The molecule has 88 valence electrons. The van der Waals surface area contributed by atoms with E-state index >= 15 is 0 Å². The molecule has 1 N–H and O–H groups in total. The van der Waals surface area contributed by atoms with Gasteiger partial charge >= 0.3 is 0 Å². The van der Waals surface area contributed by atoms with E-state index in [0.717, 1.165) is 31.0 Å². The lowest BCUT2D eigenvalue weighted by molar-refractivity contribution is 0.348. The molecule has 1 heterocycles. The van der Waals surface area contributed by atoms with Crippen LogP contribution in [0, 0.1) is 6.92 Å². The number of nitrogens with one attached hydrogen (secondary N) is 1. The van der Waals surface area contributed by atoms with E-state index in [1.54, 1.807) is 0 Å². The summed E-state index contributed by atoms with van der Waals surface area (Å²) in [5.41, 5.74) is 3.37. The number of aromatic nitrogens is 1. The van der Waals surface area contributed by atoms with Crippen molar-refractivity contribution in [1.82, 2.24) is 15.2 Å². The number of aryl methyl sites for hydroxylation is 1. The molecule has 0 amide bonds. The lowest BCUT2D eigenvalue weighted by Gasteiger charge is -2.17. The molecule has 3 heteroatoms. The van der Waals surface area contributed by atoms with Gasteiger partial charge in [-0.2, -0.15) is 0 Å². The third kappa shape index (κ3) is 4.55. The highest BCUT2D eigenvalue weighted by Crippen LogP contribution is 2.03. The van der Waals surface area contributed by atoms with Crippen molar-refractivity contribution < 1.29 is 0 Å². The van der Waals surface area contributed by atoms with Gasteiger partial charge in [0.05, 0.1) is 5.69 Å². The first kappa shape index (κ1) is 12.9. The van der Waals surface area contributed by atoms with Crippen LogP contribution >= 0.6 is 0 Å². The molecular formula is C13H21N3. The fraction of sp³-hybridized carbons (Fsp3) is 0.462. The van der Waals surface area contributed by atoms with Crippen molar-refractivity contribution in [2.24, 2.45) is 0 Å². The first-order valence-corrected chi connectivity index (χ1v) is 5.54. The Bertz CT molecular complexity index is 347. The van der Waals surface area contributed by atoms with Crippen molar-refractivity contribution in [2.45, 2.75) is 13.5 Å². The van der Waals surface area contributed by atoms with Crippen molar-refractivity contribution in [3.8, 4) is 0 Å². The molecule has 0 saturated heterocycles. The zero-order valence-corrected chi connectivity index (χ0v) is 10.5. The van der Waals surface area contributed by atoms with Crippen LogP contribution in [0.4, 0.5) is 0 Å². The summed E-state index contributed by atoms with van der Waals surface area (Å²) in [6, 6.07) is 6.13. The number of nitrogens with zero attached hydrogens (tertiary/aromatic N) is 2. The topological polar surface area (TPSA) is 28.2 Å². The third-order valence-electron chi connectivity index (χ3n) is 2.30. The summed E-state index contributed by atoms with van der Waals surface area (Å²) in [6.07, 6.45) is 0. The molecule has 0 unspecified atom stereocenters. The Hall–Kier alpha value is -1.19. The Morgan fingerprint density at radius 1 is 1.50 bits per heavy atom. The van der Waals surface area contributed by atoms with Crippen LogP contribution in [0.15, 0.2) is 30.4 Å². The maximum atomic E-state index is 4.48. The molecule has 0 aliphatic heterocycles. The summed E-state index contributed by atoms with van der Waals surface area (Å²) in [7, 11) is 4.03. The van der Waals surface area contributed by atoms with Crippen LogP contribution in [0.1, 0.15) is 11.4 Å². The summed E-state index contributed by atoms with van der Waals surface area (Å²) in [4.78, 5) is 6.70. The second-order valence-electron chi connectivity index (χ2n) is 4.22. The molecular weight excluding hydrogens is 198 g/mol. The van der Waals surface area contributed by atoms with E-state index in [4.69, 9.17) is 0 Å². The SMILES string of the molecule is C=C(CNC)CN(C)Cc1cccc(C)n1. The van der Waals surface area contributed by atoms with E-state index < -0.39 is 0 Å². The van der Waals surface area contributed by atoms with Crippen molar-refractivity contribution in [3.05, 3.63) is 41.7 Å². The highest BCUT2D eigenvalue weighted by atomic mass is 15.1. The van der Waals surface area contributed by atoms with E-state index in [1.807, 2.05) is 26.1 Å². The average Bonchev–Trinajstić information content (AvgIpc) is 2.17. The van der Waals surface area contributed by atoms with Crippen LogP contribution < -0.4 is 5.32 Å². The molecule has 0 fully saturated rings. The Kier molecular flexibility index (Phi) is 5.15. The largest absolute Gasteiger partial charge is 0.316 e. The molecule has 0 bridgehead atoms. The molecule has 0 spiro atoms. The van der Waals surface area contributed by atoms with Gasteiger partial charge in [-0.3, -0.25) is 9.88 Å². The van der Waals surface area contributed by atoms with E-state index in [0.29, 0.717) is 0 Å². The van der Waals surface area contributed by atoms with E-state index in [-0.39, 0.29) is 0 Å². The first-order chi connectivity index (χ1) is 7.61. The minimum absolute atomic E-state index is 0.865. The molecule has 3 nitrogen and oxygen atoms in total. The summed E-state index contributed by atoms with van der Waals surface area (Å²) in [5.74, 6) is 0. The van der Waals surface area contributed by atoms with Gasteiger partial charge in [0.25, 0.3) is 0 Å². The van der Waals surface area contributed by atoms with E-state index in [2.05, 4.69) is 34.9 Å². The number of likely N-dealkylation sites (N-methyl/N-ethyl adjacent to an activating group) is 2. The second kappa shape index (κ2) is 6.40. The second-order valence-corrected chi connectivity index (χ2v) is 4.22. The van der Waals surface area contributed by atoms with E-state index in [9.17, 15) is 0 Å². The van der Waals surface area contributed by atoms with Gasteiger partial charge in [0.2, 0.25) is 0 Å². The quantitative estimate of drug-likeness (QED) is 0.737. The summed E-state index contributed by atoms with van der Waals surface area (Å²) < 4.78 is 0. The predicted octanol–water partition coefficient (Wildman–Crippen LogP) is 1.60. The van der Waals surface area contributed by atoms with Crippen LogP contribution in [0.3, 0.4) is 0 Å². The van der Waals surface area contributed by atoms with Crippen molar-refractivity contribution in [2.75, 3.05) is 27.2 Å². The van der Waals surface area contributed by atoms with Gasteiger partial charge in [0, 0.05) is 25.3 Å². The van der Waals surface area contributed by atoms with Gasteiger partial charge < -0.3 is 5.32 Å². The maximum Gasteiger partial charge on any atom is 0.0547 e. The van der Waals surface area contributed by atoms with Crippen LogP contribution in [0.2, 0.25) is 0 Å². The van der Waals surface area contributed by atoms with Gasteiger partial charge in [-0.1, -0.05) is 12.6 Å². The Balaban J connectivity index is 2.45. The lowest BCUT2D eigenvalue weighted by Crippen LogP contribution is -2.24. The fourth-order valence-electron chi connectivity index (χ4n) is 1.71. The minimum atomic E-state index is 0.865. The van der Waals surface area contributed by atoms with Crippen molar-refractivity contribution in [1.29, 1.82) is 0 Å². The third-order valence-corrected chi connectivity index (χ3v) is 2.30. The van der Waals surface area contributed by atoms with Crippen LogP contribution in [-0.2, 0) is 6.54 Å². The number of hydrogen-bond acceptors (Lipinski definition) is 3. The van der Waals surface area contributed by atoms with Crippen molar-refractivity contribution in [3.63, 3.8) is 0 Å².